The van der Waals surface area contributed by atoms with Gasteiger partial charge in [0, 0.05) is 17.0 Å². The second-order valence-electron chi connectivity index (χ2n) is 5.51. The Hall–Kier alpha value is -0.960. The van der Waals surface area contributed by atoms with Crippen molar-refractivity contribution < 1.29 is 13.2 Å². The third-order valence-electron chi connectivity index (χ3n) is 2.33. The third-order valence-corrected chi connectivity index (χ3v) is 5.47. The minimum Gasteiger partial charge on any atom is -0.350 e. The molecule has 0 spiro atoms. The largest absolute Gasteiger partial charge is 0.350 e. The first-order valence-corrected chi connectivity index (χ1v) is 8.48. The average molecular weight is 319 g/mol. The number of sulfonamides is 1. The SMILES string of the molecule is CC(NS(=O)(=O)c1ccc(CN)s1)C(=O)NC(C)(C)C. The molecule has 4 N–H and O–H groups in total. The molecule has 1 atom stereocenters. The van der Waals surface area contributed by atoms with Crippen molar-refractivity contribution >= 4 is 27.3 Å². The summed E-state index contributed by atoms with van der Waals surface area (Å²) in [7, 11) is -3.70. The maximum Gasteiger partial charge on any atom is 0.250 e. The van der Waals surface area contributed by atoms with E-state index in [0.717, 1.165) is 16.2 Å². The molecule has 0 fully saturated rings. The lowest BCUT2D eigenvalue weighted by Crippen LogP contribution is -2.50. The van der Waals surface area contributed by atoms with Crippen molar-refractivity contribution in [3.63, 3.8) is 0 Å². The van der Waals surface area contributed by atoms with E-state index in [1.54, 1.807) is 6.07 Å². The number of nitrogens with two attached hydrogens (primary N) is 1. The summed E-state index contributed by atoms with van der Waals surface area (Å²) in [5, 5.41) is 2.73. The number of amides is 1. The average Bonchev–Trinajstić information content (AvgIpc) is 2.75. The molecule has 1 heterocycles. The third kappa shape index (κ3) is 4.86. The standard InChI is InChI=1S/C12H21N3O3S2/c1-8(11(16)14-12(2,3)4)15-20(17,18)10-6-5-9(7-13)19-10/h5-6,8,15H,7,13H2,1-4H3,(H,14,16). The molecule has 0 aliphatic rings. The van der Waals surface area contributed by atoms with Crippen molar-refractivity contribution in [1.29, 1.82) is 0 Å². The van der Waals surface area contributed by atoms with Crippen LogP contribution in [0.4, 0.5) is 0 Å². The van der Waals surface area contributed by atoms with Crippen molar-refractivity contribution in [3.8, 4) is 0 Å². The highest BCUT2D eigenvalue weighted by molar-refractivity contribution is 7.91. The monoisotopic (exact) mass is 319 g/mol. The Morgan fingerprint density at radius 1 is 1.40 bits per heavy atom. The van der Waals surface area contributed by atoms with E-state index in [1.165, 1.54) is 13.0 Å². The first kappa shape index (κ1) is 17.1. The highest BCUT2D eigenvalue weighted by Gasteiger charge is 2.25. The summed E-state index contributed by atoms with van der Waals surface area (Å²) >= 11 is 1.10. The van der Waals surface area contributed by atoms with Crippen LogP contribution in [-0.2, 0) is 21.4 Å². The summed E-state index contributed by atoms with van der Waals surface area (Å²) in [4.78, 5) is 12.6. The Labute approximate surface area is 123 Å². The lowest BCUT2D eigenvalue weighted by atomic mass is 10.1. The zero-order valence-corrected chi connectivity index (χ0v) is 13.7. The van der Waals surface area contributed by atoms with Gasteiger partial charge in [-0.2, -0.15) is 4.72 Å². The number of hydrogen-bond donors (Lipinski definition) is 3. The van der Waals surface area contributed by atoms with Crippen LogP contribution in [0.5, 0.6) is 0 Å². The van der Waals surface area contributed by atoms with Crippen LogP contribution < -0.4 is 15.8 Å². The van der Waals surface area contributed by atoms with E-state index in [2.05, 4.69) is 10.0 Å². The Kier molecular flexibility index (Phi) is 5.31. The molecule has 1 aromatic heterocycles. The van der Waals surface area contributed by atoms with Crippen LogP contribution in [0.15, 0.2) is 16.3 Å². The van der Waals surface area contributed by atoms with E-state index < -0.39 is 21.6 Å². The Morgan fingerprint density at radius 3 is 2.45 bits per heavy atom. The molecule has 0 saturated heterocycles. The predicted octanol–water partition coefficient (Wildman–Crippen LogP) is 0.788. The molecule has 0 aliphatic heterocycles. The molecule has 1 amide bonds. The van der Waals surface area contributed by atoms with Crippen LogP contribution in [0, 0.1) is 0 Å². The van der Waals surface area contributed by atoms with Gasteiger partial charge in [-0.3, -0.25) is 4.79 Å². The van der Waals surface area contributed by atoms with Crippen LogP contribution in [0.25, 0.3) is 0 Å². The summed E-state index contributed by atoms with van der Waals surface area (Å²) in [6.07, 6.45) is 0. The summed E-state index contributed by atoms with van der Waals surface area (Å²) < 4.78 is 26.8. The summed E-state index contributed by atoms with van der Waals surface area (Å²) in [5.74, 6) is -0.364. The normalized spacial score (nSPS) is 14.1. The minimum atomic E-state index is -3.70. The molecular formula is C12H21N3O3S2. The summed E-state index contributed by atoms with van der Waals surface area (Å²) in [5.41, 5.74) is 5.05. The Balaban J connectivity index is 2.78. The molecule has 1 aromatic rings. The highest BCUT2D eigenvalue weighted by atomic mass is 32.2. The van der Waals surface area contributed by atoms with Crippen LogP contribution >= 0.6 is 11.3 Å². The van der Waals surface area contributed by atoms with Gasteiger partial charge in [-0.15, -0.1) is 11.3 Å². The lowest BCUT2D eigenvalue weighted by Gasteiger charge is -2.23. The molecule has 0 bridgehead atoms. The van der Waals surface area contributed by atoms with E-state index in [0.29, 0.717) is 6.54 Å². The number of nitrogens with one attached hydrogen (secondary N) is 2. The molecule has 1 rings (SSSR count). The molecule has 0 radical (unpaired) electrons. The van der Waals surface area contributed by atoms with E-state index in [1.807, 2.05) is 20.8 Å². The molecule has 8 heteroatoms. The van der Waals surface area contributed by atoms with Gasteiger partial charge in [0.15, 0.2) is 0 Å². The van der Waals surface area contributed by atoms with Crippen LogP contribution in [0.3, 0.4) is 0 Å². The van der Waals surface area contributed by atoms with E-state index in [4.69, 9.17) is 5.73 Å². The zero-order chi connectivity index (χ0) is 15.6. The highest BCUT2D eigenvalue weighted by Crippen LogP contribution is 2.21. The topological polar surface area (TPSA) is 101 Å². The van der Waals surface area contributed by atoms with E-state index in [-0.39, 0.29) is 10.1 Å². The predicted molar refractivity (Wildman–Crippen MR) is 79.9 cm³/mol. The van der Waals surface area contributed by atoms with E-state index in [9.17, 15) is 13.2 Å². The Morgan fingerprint density at radius 2 is 2.00 bits per heavy atom. The van der Waals surface area contributed by atoms with Gasteiger partial charge in [0.1, 0.15) is 4.21 Å². The first-order valence-electron chi connectivity index (χ1n) is 6.18. The van der Waals surface area contributed by atoms with Crippen LogP contribution in [0.2, 0.25) is 0 Å². The second-order valence-corrected chi connectivity index (χ2v) is 8.62. The van der Waals surface area contributed by atoms with Gasteiger partial charge in [0.2, 0.25) is 5.91 Å². The fraction of sp³-hybridized carbons (Fsp3) is 0.583. The number of thiophene rings is 1. The molecule has 20 heavy (non-hydrogen) atoms. The molecule has 6 nitrogen and oxygen atoms in total. The number of rotatable bonds is 5. The number of hydrogen-bond acceptors (Lipinski definition) is 5. The van der Waals surface area contributed by atoms with Crippen molar-refractivity contribution in [2.75, 3.05) is 0 Å². The quantitative estimate of drug-likeness (QED) is 0.746. The van der Waals surface area contributed by atoms with Gasteiger partial charge < -0.3 is 11.1 Å². The van der Waals surface area contributed by atoms with Crippen molar-refractivity contribution in [2.24, 2.45) is 5.73 Å². The first-order chi connectivity index (χ1) is 9.05. The maximum atomic E-state index is 12.1. The van der Waals surface area contributed by atoms with Crippen molar-refractivity contribution in [1.82, 2.24) is 10.0 Å². The van der Waals surface area contributed by atoms with Gasteiger partial charge in [-0.05, 0) is 39.8 Å². The van der Waals surface area contributed by atoms with Gasteiger partial charge in [0.25, 0.3) is 10.0 Å². The number of carbonyl (C=O) groups is 1. The lowest BCUT2D eigenvalue weighted by molar-refractivity contribution is -0.123. The van der Waals surface area contributed by atoms with Gasteiger partial charge >= 0.3 is 0 Å². The fourth-order valence-electron chi connectivity index (χ4n) is 1.43. The van der Waals surface area contributed by atoms with Crippen LogP contribution in [0.1, 0.15) is 32.6 Å². The second kappa shape index (κ2) is 6.21. The summed E-state index contributed by atoms with van der Waals surface area (Å²) in [6.45, 7) is 7.30. The van der Waals surface area contributed by atoms with Gasteiger partial charge in [-0.25, -0.2) is 8.42 Å². The van der Waals surface area contributed by atoms with Crippen LogP contribution in [-0.4, -0.2) is 25.9 Å². The molecule has 0 aromatic carbocycles. The smallest absolute Gasteiger partial charge is 0.250 e. The van der Waals surface area contributed by atoms with E-state index >= 15 is 0 Å². The molecule has 1 unspecified atom stereocenters. The zero-order valence-electron chi connectivity index (χ0n) is 12.1. The van der Waals surface area contributed by atoms with Gasteiger partial charge in [-0.1, -0.05) is 0 Å². The molecule has 0 aliphatic carbocycles. The maximum absolute atomic E-state index is 12.1. The minimum absolute atomic E-state index is 0.161. The number of carbonyl (C=O) groups excluding carboxylic acids is 1. The molecular weight excluding hydrogens is 298 g/mol. The van der Waals surface area contributed by atoms with Gasteiger partial charge in [0.05, 0.1) is 6.04 Å². The summed E-state index contributed by atoms with van der Waals surface area (Å²) in [6, 6.07) is 2.31. The Bertz CT molecular complexity index is 573. The van der Waals surface area contributed by atoms with Crippen molar-refractivity contribution in [2.45, 2.75) is 50.0 Å². The molecule has 114 valence electrons. The molecule has 0 saturated carbocycles. The fourth-order valence-corrected chi connectivity index (χ4v) is 3.89. The van der Waals surface area contributed by atoms with Crippen molar-refractivity contribution in [3.05, 3.63) is 17.0 Å².